The number of non-ortho nitro benzene ring substituents is 1. The maximum Gasteiger partial charge on any atom is 0.270 e. The van der Waals surface area contributed by atoms with Gasteiger partial charge in [0.05, 0.1) is 4.92 Å². The number of amides is 1. The zero-order chi connectivity index (χ0) is 17.6. The molecule has 6 nitrogen and oxygen atoms in total. The van der Waals surface area contributed by atoms with E-state index in [4.69, 9.17) is 0 Å². The summed E-state index contributed by atoms with van der Waals surface area (Å²) in [6, 6.07) is 8.01. The molecule has 0 unspecified atom stereocenters. The van der Waals surface area contributed by atoms with Crippen LogP contribution >= 0.6 is 11.3 Å². The number of nitrogens with zero attached hydrogens (tertiary/aromatic N) is 2. The van der Waals surface area contributed by atoms with Crippen LogP contribution in [-0.2, 0) is 6.54 Å². The first-order valence-electron chi connectivity index (χ1n) is 8.38. The van der Waals surface area contributed by atoms with Crippen molar-refractivity contribution in [2.45, 2.75) is 19.4 Å². The largest absolute Gasteiger partial charge is 0.352 e. The zero-order valence-electron chi connectivity index (χ0n) is 13.9. The Bertz CT molecular complexity index is 725. The molecule has 132 valence electrons. The number of nitrogens with one attached hydrogen (secondary N) is 1. The van der Waals surface area contributed by atoms with Crippen LogP contribution in [0.3, 0.4) is 0 Å². The normalized spacial score (nSPS) is 15.8. The van der Waals surface area contributed by atoms with E-state index < -0.39 is 4.92 Å². The molecule has 1 aromatic heterocycles. The van der Waals surface area contributed by atoms with Gasteiger partial charge < -0.3 is 5.32 Å². The Balaban J connectivity index is 1.44. The van der Waals surface area contributed by atoms with Crippen LogP contribution < -0.4 is 5.32 Å². The molecule has 0 saturated carbocycles. The maximum absolute atomic E-state index is 12.2. The Morgan fingerprint density at radius 3 is 2.80 bits per heavy atom. The number of thiophene rings is 1. The number of nitro groups is 1. The van der Waals surface area contributed by atoms with E-state index in [1.807, 2.05) is 0 Å². The van der Waals surface area contributed by atoms with Crippen LogP contribution in [0.15, 0.2) is 41.1 Å². The van der Waals surface area contributed by atoms with Crippen LogP contribution in [0.5, 0.6) is 0 Å². The Morgan fingerprint density at radius 2 is 2.12 bits per heavy atom. The molecule has 3 rings (SSSR count). The molecule has 25 heavy (non-hydrogen) atoms. The first-order valence-corrected chi connectivity index (χ1v) is 9.32. The van der Waals surface area contributed by atoms with Gasteiger partial charge in [-0.3, -0.25) is 19.8 Å². The number of benzene rings is 1. The van der Waals surface area contributed by atoms with Crippen molar-refractivity contribution in [3.05, 3.63) is 62.3 Å². The lowest BCUT2D eigenvalue weighted by Gasteiger charge is -2.31. The fourth-order valence-electron chi connectivity index (χ4n) is 3.09. The summed E-state index contributed by atoms with van der Waals surface area (Å²) in [5.74, 6) is 0.214. The molecule has 0 spiro atoms. The summed E-state index contributed by atoms with van der Waals surface area (Å²) in [6.07, 6.45) is 2.11. The van der Waals surface area contributed by atoms with E-state index in [0.717, 1.165) is 32.5 Å². The summed E-state index contributed by atoms with van der Waals surface area (Å²) in [4.78, 5) is 24.9. The number of piperidine rings is 1. The van der Waals surface area contributed by atoms with Gasteiger partial charge in [-0.05, 0) is 60.3 Å². The van der Waals surface area contributed by atoms with Gasteiger partial charge >= 0.3 is 0 Å². The van der Waals surface area contributed by atoms with Crippen molar-refractivity contribution in [3.63, 3.8) is 0 Å². The van der Waals surface area contributed by atoms with E-state index in [0.29, 0.717) is 18.0 Å². The molecule has 1 amide bonds. The molecule has 1 fully saturated rings. The van der Waals surface area contributed by atoms with Crippen LogP contribution in [-0.4, -0.2) is 35.4 Å². The molecule has 0 atom stereocenters. The summed E-state index contributed by atoms with van der Waals surface area (Å²) in [5, 5.41) is 18.0. The van der Waals surface area contributed by atoms with E-state index in [1.165, 1.54) is 23.8 Å². The van der Waals surface area contributed by atoms with E-state index in [-0.39, 0.29) is 11.6 Å². The van der Waals surface area contributed by atoms with Gasteiger partial charge in [0.2, 0.25) is 0 Å². The molecular weight excluding hydrogens is 338 g/mol. The van der Waals surface area contributed by atoms with Gasteiger partial charge in [0, 0.05) is 30.8 Å². The molecule has 0 aliphatic carbocycles. The number of likely N-dealkylation sites (tertiary alicyclic amines) is 1. The molecule has 0 bridgehead atoms. The molecule has 1 saturated heterocycles. The standard InChI is InChI=1S/C18H21N3O3S/c22-18(16-2-1-3-17(10-16)21(23)24)19-11-14-4-7-20(8-5-14)12-15-6-9-25-13-15/h1-3,6,9-10,13-14H,4-5,7-8,11-12H2,(H,19,22). The average molecular weight is 359 g/mol. The van der Waals surface area contributed by atoms with Gasteiger partial charge in [-0.25, -0.2) is 0 Å². The monoisotopic (exact) mass is 359 g/mol. The number of hydrogen-bond acceptors (Lipinski definition) is 5. The SMILES string of the molecule is O=C(NCC1CCN(Cc2ccsc2)CC1)c1cccc([N+](=O)[O-])c1. The average Bonchev–Trinajstić information content (AvgIpc) is 3.14. The van der Waals surface area contributed by atoms with Crippen molar-refractivity contribution < 1.29 is 9.72 Å². The lowest BCUT2D eigenvalue weighted by Crippen LogP contribution is -2.38. The Kier molecular flexibility index (Phi) is 5.78. The minimum Gasteiger partial charge on any atom is -0.352 e. The minimum atomic E-state index is -0.486. The van der Waals surface area contributed by atoms with E-state index in [2.05, 4.69) is 27.0 Å². The molecule has 2 heterocycles. The fraction of sp³-hybridized carbons (Fsp3) is 0.389. The maximum atomic E-state index is 12.2. The molecule has 2 aromatic rings. The summed E-state index contributed by atoms with van der Waals surface area (Å²) < 4.78 is 0. The van der Waals surface area contributed by atoms with Crippen molar-refractivity contribution in [2.75, 3.05) is 19.6 Å². The van der Waals surface area contributed by atoms with Crippen molar-refractivity contribution in [3.8, 4) is 0 Å². The molecule has 1 aliphatic rings. The topological polar surface area (TPSA) is 75.5 Å². The van der Waals surface area contributed by atoms with Crippen LogP contribution in [0.1, 0.15) is 28.8 Å². The van der Waals surface area contributed by atoms with Gasteiger partial charge in [-0.2, -0.15) is 11.3 Å². The summed E-state index contributed by atoms with van der Waals surface area (Å²) >= 11 is 1.72. The van der Waals surface area contributed by atoms with Gasteiger partial charge in [-0.1, -0.05) is 6.07 Å². The molecule has 1 aromatic carbocycles. The molecule has 1 N–H and O–H groups in total. The summed E-state index contributed by atoms with van der Waals surface area (Å²) in [5.41, 5.74) is 1.64. The summed E-state index contributed by atoms with van der Waals surface area (Å²) in [7, 11) is 0. The predicted octanol–water partition coefficient (Wildman–Crippen LogP) is 3.30. The minimum absolute atomic E-state index is 0.0608. The third kappa shape index (κ3) is 4.87. The highest BCUT2D eigenvalue weighted by molar-refractivity contribution is 7.07. The molecule has 1 aliphatic heterocycles. The summed E-state index contributed by atoms with van der Waals surface area (Å²) in [6.45, 7) is 3.68. The van der Waals surface area contributed by atoms with Crippen molar-refractivity contribution in [2.24, 2.45) is 5.92 Å². The predicted molar refractivity (Wildman–Crippen MR) is 97.7 cm³/mol. The number of hydrogen-bond donors (Lipinski definition) is 1. The van der Waals surface area contributed by atoms with Gasteiger partial charge in [-0.15, -0.1) is 0 Å². The fourth-order valence-corrected chi connectivity index (χ4v) is 3.75. The van der Waals surface area contributed by atoms with Crippen LogP contribution in [0.2, 0.25) is 0 Å². The zero-order valence-corrected chi connectivity index (χ0v) is 14.7. The molecule has 0 radical (unpaired) electrons. The van der Waals surface area contributed by atoms with Crippen LogP contribution in [0.4, 0.5) is 5.69 Å². The molecular formula is C18H21N3O3S. The number of carbonyl (C=O) groups excluding carboxylic acids is 1. The van der Waals surface area contributed by atoms with E-state index in [1.54, 1.807) is 17.4 Å². The van der Waals surface area contributed by atoms with Crippen molar-refractivity contribution in [1.82, 2.24) is 10.2 Å². The van der Waals surface area contributed by atoms with Gasteiger partial charge in [0.25, 0.3) is 11.6 Å². The number of nitro benzene ring substituents is 1. The van der Waals surface area contributed by atoms with E-state index in [9.17, 15) is 14.9 Å². The highest BCUT2D eigenvalue weighted by Crippen LogP contribution is 2.20. The quantitative estimate of drug-likeness (QED) is 0.634. The number of carbonyl (C=O) groups is 1. The second-order valence-electron chi connectivity index (χ2n) is 6.37. The first kappa shape index (κ1) is 17.6. The number of rotatable bonds is 6. The molecule has 7 heteroatoms. The van der Waals surface area contributed by atoms with Gasteiger partial charge in [0.15, 0.2) is 0 Å². The lowest BCUT2D eigenvalue weighted by atomic mass is 9.96. The van der Waals surface area contributed by atoms with E-state index >= 15 is 0 Å². The third-order valence-electron chi connectivity index (χ3n) is 4.56. The smallest absolute Gasteiger partial charge is 0.270 e. The Hall–Kier alpha value is -2.25. The second kappa shape index (κ2) is 8.22. The van der Waals surface area contributed by atoms with Crippen LogP contribution in [0, 0.1) is 16.0 Å². The third-order valence-corrected chi connectivity index (χ3v) is 5.30. The van der Waals surface area contributed by atoms with Crippen molar-refractivity contribution >= 4 is 22.9 Å². The second-order valence-corrected chi connectivity index (χ2v) is 7.15. The first-order chi connectivity index (χ1) is 12.1. The van der Waals surface area contributed by atoms with Crippen LogP contribution in [0.25, 0.3) is 0 Å². The highest BCUT2D eigenvalue weighted by atomic mass is 32.1. The van der Waals surface area contributed by atoms with Crippen molar-refractivity contribution in [1.29, 1.82) is 0 Å². The van der Waals surface area contributed by atoms with Gasteiger partial charge in [0.1, 0.15) is 0 Å². The Morgan fingerprint density at radius 1 is 1.32 bits per heavy atom. The Labute approximate surface area is 150 Å². The highest BCUT2D eigenvalue weighted by Gasteiger charge is 2.20. The lowest BCUT2D eigenvalue weighted by molar-refractivity contribution is -0.384.